The summed E-state index contributed by atoms with van der Waals surface area (Å²) < 4.78 is 7.35. The van der Waals surface area contributed by atoms with Crippen molar-refractivity contribution in [1.82, 2.24) is 29.7 Å². The maximum Gasteiger partial charge on any atom is 0.410 e. The summed E-state index contributed by atoms with van der Waals surface area (Å²) >= 11 is 12.2. The van der Waals surface area contributed by atoms with Crippen molar-refractivity contribution in [3.8, 4) is 5.82 Å². The number of imidazole rings is 1. The Morgan fingerprint density at radius 3 is 2.43 bits per heavy atom. The number of carbonyl (C=O) groups excluding carboxylic acids is 2. The van der Waals surface area contributed by atoms with E-state index in [2.05, 4.69) is 25.9 Å². The predicted molar refractivity (Wildman–Crippen MR) is 184 cm³/mol. The molecule has 0 radical (unpaired) electrons. The number of aromatic nitrogens is 4. The van der Waals surface area contributed by atoms with Gasteiger partial charge in [-0.15, -0.1) is 0 Å². The molecule has 47 heavy (non-hydrogen) atoms. The Bertz CT molecular complexity index is 1640. The molecule has 11 nitrogen and oxygen atoms in total. The SMILES string of the molecule is CC(C)(C)OC(=O)N1CCC(CC(Nc2cc(-n3ccnc3)nc(NCc3cccc(Cl)c3)n2)C(=O)NCc2ccc(Cl)cc2)CC1. The first kappa shape index (κ1) is 34.0. The maximum atomic E-state index is 13.8. The second-order valence-electron chi connectivity index (χ2n) is 12.6. The number of halogens is 2. The smallest absolute Gasteiger partial charge is 0.410 e. The van der Waals surface area contributed by atoms with Crippen LogP contribution in [0.2, 0.25) is 10.0 Å². The number of benzene rings is 2. The molecule has 0 aliphatic carbocycles. The second-order valence-corrected chi connectivity index (χ2v) is 13.4. The lowest BCUT2D eigenvalue weighted by molar-refractivity contribution is -0.122. The van der Waals surface area contributed by atoms with Gasteiger partial charge in [0.25, 0.3) is 0 Å². The minimum atomic E-state index is -0.605. The molecular formula is C34H40Cl2N8O3. The van der Waals surface area contributed by atoms with Crippen LogP contribution >= 0.6 is 23.2 Å². The van der Waals surface area contributed by atoms with E-state index in [0.717, 1.165) is 24.0 Å². The van der Waals surface area contributed by atoms with Gasteiger partial charge < -0.3 is 25.6 Å². The summed E-state index contributed by atoms with van der Waals surface area (Å²) in [5, 5.41) is 11.0. The number of ether oxygens (including phenoxy) is 1. The predicted octanol–water partition coefficient (Wildman–Crippen LogP) is 6.72. The minimum Gasteiger partial charge on any atom is -0.444 e. The Labute approximate surface area is 285 Å². The molecular weight excluding hydrogens is 639 g/mol. The molecule has 2 amide bonds. The third-order valence-electron chi connectivity index (χ3n) is 7.68. The molecule has 0 spiro atoms. The number of likely N-dealkylation sites (tertiary alicyclic amines) is 1. The fourth-order valence-corrected chi connectivity index (χ4v) is 5.62. The van der Waals surface area contributed by atoms with E-state index in [4.69, 9.17) is 32.9 Å². The average Bonchev–Trinajstić information content (AvgIpc) is 3.58. The van der Waals surface area contributed by atoms with Crippen LogP contribution in [0.5, 0.6) is 0 Å². The molecule has 13 heteroatoms. The number of piperidine rings is 1. The van der Waals surface area contributed by atoms with Crippen LogP contribution in [-0.4, -0.2) is 61.2 Å². The van der Waals surface area contributed by atoms with Crippen molar-refractivity contribution in [2.45, 2.75) is 64.8 Å². The fourth-order valence-electron chi connectivity index (χ4n) is 5.28. The van der Waals surface area contributed by atoms with Crippen LogP contribution < -0.4 is 16.0 Å². The van der Waals surface area contributed by atoms with E-state index in [-0.39, 0.29) is 17.9 Å². The van der Waals surface area contributed by atoms with Crippen molar-refractivity contribution in [2.24, 2.45) is 5.92 Å². The van der Waals surface area contributed by atoms with E-state index in [9.17, 15) is 9.59 Å². The third kappa shape index (κ3) is 10.3. The number of rotatable bonds is 11. The Morgan fingerprint density at radius 2 is 1.74 bits per heavy atom. The summed E-state index contributed by atoms with van der Waals surface area (Å²) in [6.07, 6.45) is 6.85. The first-order valence-electron chi connectivity index (χ1n) is 15.6. The highest BCUT2D eigenvalue weighted by Crippen LogP contribution is 2.26. The molecule has 248 valence electrons. The summed E-state index contributed by atoms with van der Waals surface area (Å²) in [4.78, 5) is 41.7. The summed E-state index contributed by atoms with van der Waals surface area (Å²) in [7, 11) is 0. The Morgan fingerprint density at radius 1 is 0.979 bits per heavy atom. The zero-order valence-electron chi connectivity index (χ0n) is 26.7. The van der Waals surface area contributed by atoms with Crippen molar-refractivity contribution in [1.29, 1.82) is 0 Å². The van der Waals surface area contributed by atoms with Gasteiger partial charge in [-0.3, -0.25) is 9.36 Å². The second kappa shape index (κ2) is 15.5. The molecule has 0 saturated carbocycles. The van der Waals surface area contributed by atoms with Crippen LogP contribution in [0.1, 0.15) is 51.2 Å². The number of hydrogen-bond acceptors (Lipinski definition) is 8. The van der Waals surface area contributed by atoms with Crippen LogP contribution in [0.15, 0.2) is 73.3 Å². The van der Waals surface area contributed by atoms with Gasteiger partial charge in [0.15, 0.2) is 0 Å². The number of nitrogens with one attached hydrogen (secondary N) is 3. The Kier molecular flexibility index (Phi) is 11.2. The van der Waals surface area contributed by atoms with Gasteiger partial charge in [-0.2, -0.15) is 9.97 Å². The van der Waals surface area contributed by atoms with Crippen molar-refractivity contribution < 1.29 is 14.3 Å². The Hall–Kier alpha value is -4.35. The first-order chi connectivity index (χ1) is 22.5. The fraction of sp³-hybridized carbons (Fsp3) is 0.382. The molecule has 1 fully saturated rings. The quantitative estimate of drug-likeness (QED) is 0.160. The first-order valence-corrected chi connectivity index (χ1v) is 16.4. The van der Waals surface area contributed by atoms with E-state index < -0.39 is 11.6 Å². The third-order valence-corrected chi connectivity index (χ3v) is 8.16. The van der Waals surface area contributed by atoms with Gasteiger partial charge in [0.2, 0.25) is 11.9 Å². The summed E-state index contributed by atoms with van der Waals surface area (Å²) in [6.45, 7) is 7.51. The molecule has 1 atom stereocenters. The van der Waals surface area contributed by atoms with E-state index in [1.807, 2.05) is 57.2 Å². The normalized spacial score (nSPS) is 14.4. The van der Waals surface area contributed by atoms with Crippen LogP contribution in [0.4, 0.5) is 16.6 Å². The molecule has 1 unspecified atom stereocenters. The minimum absolute atomic E-state index is 0.161. The highest BCUT2D eigenvalue weighted by atomic mass is 35.5. The van der Waals surface area contributed by atoms with Gasteiger partial charge in [-0.25, -0.2) is 9.78 Å². The van der Waals surface area contributed by atoms with Crippen LogP contribution in [0.25, 0.3) is 5.82 Å². The van der Waals surface area contributed by atoms with Crippen molar-refractivity contribution >= 4 is 47.0 Å². The lowest BCUT2D eigenvalue weighted by Crippen LogP contribution is -2.44. The summed E-state index contributed by atoms with van der Waals surface area (Å²) in [5.41, 5.74) is 1.35. The molecule has 5 rings (SSSR count). The van der Waals surface area contributed by atoms with Crippen molar-refractivity contribution in [3.63, 3.8) is 0 Å². The van der Waals surface area contributed by atoms with Crippen molar-refractivity contribution in [2.75, 3.05) is 23.7 Å². The highest BCUT2D eigenvalue weighted by Gasteiger charge is 2.30. The van der Waals surface area contributed by atoms with E-state index in [0.29, 0.717) is 60.2 Å². The van der Waals surface area contributed by atoms with Crippen LogP contribution in [0, 0.1) is 5.92 Å². The van der Waals surface area contributed by atoms with Gasteiger partial charge in [-0.05, 0) is 81.3 Å². The lowest BCUT2D eigenvalue weighted by Gasteiger charge is -2.34. The van der Waals surface area contributed by atoms with E-state index in [1.165, 1.54) is 0 Å². The number of carbonyl (C=O) groups is 2. The largest absolute Gasteiger partial charge is 0.444 e. The summed E-state index contributed by atoms with van der Waals surface area (Å²) in [5.74, 6) is 1.48. The van der Waals surface area contributed by atoms with Gasteiger partial charge in [0, 0.05) is 54.7 Å². The molecule has 4 aromatic rings. The van der Waals surface area contributed by atoms with Gasteiger partial charge in [0.05, 0.1) is 0 Å². The molecule has 3 N–H and O–H groups in total. The molecule has 0 bridgehead atoms. The van der Waals surface area contributed by atoms with E-state index in [1.54, 1.807) is 46.4 Å². The van der Waals surface area contributed by atoms with E-state index >= 15 is 0 Å². The van der Waals surface area contributed by atoms with Crippen LogP contribution in [0.3, 0.4) is 0 Å². The maximum absolute atomic E-state index is 13.8. The van der Waals surface area contributed by atoms with Gasteiger partial charge >= 0.3 is 6.09 Å². The van der Waals surface area contributed by atoms with Gasteiger partial charge in [-0.1, -0.05) is 47.5 Å². The zero-order valence-corrected chi connectivity index (χ0v) is 28.3. The summed E-state index contributed by atoms with van der Waals surface area (Å²) in [6, 6.07) is 16.1. The van der Waals surface area contributed by atoms with Crippen molar-refractivity contribution in [3.05, 3.63) is 94.5 Å². The zero-order chi connectivity index (χ0) is 33.4. The molecule has 3 heterocycles. The number of anilines is 2. The van der Waals surface area contributed by atoms with Crippen LogP contribution in [-0.2, 0) is 22.6 Å². The standard InChI is InChI=1S/C34H40Cl2N8O3/c1-34(2,3)47-33(46)43-14-11-23(12-15-43)18-28(31(45)38-20-24-7-9-26(35)10-8-24)40-29-19-30(44-16-13-37-22-44)42-32(41-29)39-21-25-5-4-6-27(36)17-25/h4-10,13,16-17,19,22-23,28H,11-12,14-15,18,20-21H2,1-3H3,(H,38,45)(H2,39,40,41,42). The number of nitrogens with zero attached hydrogens (tertiary/aromatic N) is 5. The molecule has 1 aliphatic heterocycles. The average molecular weight is 680 g/mol. The Balaban J connectivity index is 1.33. The number of hydrogen-bond donors (Lipinski definition) is 3. The monoisotopic (exact) mass is 678 g/mol. The van der Waals surface area contributed by atoms with Gasteiger partial charge in [0.1, 0.15) is 29.6 Å². The molecule has 2 aromatic heterocycles. The molecule has 2 aromatic carbocycles. The number of amides is 2. The molecule has 1 aliphatic rings. The molecule has 1 saturated heterocycles. The topological polar surface area (TPSA) is 126 Å². The lowest BCUT2D eigenvalue weighted by atomic mass is 9.90. The highest BCUT2D eigenvalue weighted by molar-refractivity contribution is 6.30.